The van der Waals surface area contributed by atoms with Crippen LogP contribution in [0.15, 0.2) is 71.3 Å². The fourth-order valence-corrected chi connectivity index (χ4v) is 3.07. The molecule has 3 aromatic rings. The van der Waals surface area contributed by atoms with Crippen molar-refractivity contribution in [3.05, 3.63) is 83.8 Å². The van der Waals surface area contributed by atoms with Gasteiger partial charge in [-0.1, -0.05) is 31.5 Å². The molecule has 0 fully saturated rings. The fourth-order valence-electron chi connectivity index (χ4n) is 2.86. The lowest BCUT2D eigenvalue weighted by Gasteiger charge is -2.13. The zero-order valence-electron chi connectivity index (χ0n) is 17.7. The van der Waals surface area contributed by atoms with E-state index in [2.05, 4.69) is 22.9 Å². The van der Waals surface area contributed by atoms with Gasteiger partial charge in [0.15, 0.2) is 5.11 Å². The Hall–Kier alpha value is -3.65. The molecule has 1 heterocycles. The van der Waals surface area contributed by atoms with Gasteiger partial charge in [0.1, 0.15) is 11.5 Å². The van der Waals surface area contributed by atoms with Crippen LogP contribution in [0.3, 0.4) is 0 Å². The van der Waals surface area contributed by atoms with Gasteiger partial charge in [0, 0.05) is 11.3 Å². The van der Waals surface area contributed by atoms with Crippen molar-refractivity contribution in [1.82, 2.24) is 10.6 Å². The Kier molecular flexibility index (Phi) is 8.39. The SMILES string of the molecule is CCCCOc1ccccc1C(=O)NC(=S)Nc1cccc(C(=O)NCc2ccco2)c1. The minimum absolute atomic E-state index is 0.117. The molecule has 166 valence electrons. The third-order valence-electron chi connectivity index (χ3n) is 4.50. The summed E-state index contributed by atoms with van der Waals surface area (Å²) < 4.78 is 10.9. The predicted molar refractivity (Wildman–Crippen MR) is 127 cm³/mol. The summed E-state index contributed by atoms with van der Waals surface area (Å²) in [7, 11) is 0. The third-order valence-corrected chi connectivity index (χ3v) is 4.70. The second-order valence-corrected chi connectivity index (χ2v) is 7.36. The first kappa shape index (κ1) is 23.0. The van der Waals surface area contributed by atoms with E-state index < -0.39 is 0 Å². The summed E-state index contributed by atoms with van der Waals surface area (Å²) in [5.74, 6) is 0.548. The molecule has 1 aromatic heterocycles. The molecule has 0 radical (unpaired) electrons. The Morgan fingerprint density at radius 1 is 1.03 bits per heavy atom. The van der Waals surface area contributed by atoms with Gasteiger partial charge in [-0.15, -0.1) is 0 Å². The number of anilines is 1. The highest BCUT2D eigenvalue weighted by Crippen LogP contribution is 2.18. The highest BCUT2D eigenvalue weighted by molar-refractivity contribution is 7.80. The molecule has 0 spiro atoms. The quantitative estimate of drug-likeness (QED) is 0.327. The summed E-state index contributed by atoms with van der Waals surface area (Å²) in [5, 5.41) is 8.50. The smallest absolute Gasteiger partial charge is 0.261 e. The minimum Gasteiger partial charge on any atom is -0.493 e. The average molecular weight is 452 g/mol. The maximum atomic E-state index is 12.7. The topological polar surface area (TPSA) is 92.6 Å². The van der Waals surface area contributed by atoms with Gasteiger partial charge < -0.3 is 19.8 Å². The van der Waals surface area contributed by atoms with E-state index in [0.717, 1.165) is 12.8 Å². The monoisotopic (exact) mass is 451 g/mol. The molecule has 3 rings (SSSR count). The van der Waals surface area contributed by atoms with Crippen LogP contribution in [-0.4, -0.2) is 23.5 Å². The van der Waals surface area contributed by atoms with Crippen LogP contribution in [0.4, 0.5) is 5.69 Å². The lowest BCUT2D eigenvalue weighted by atomic mass is 10.2. The number of furan rings is 1. The summed E-state index contributed by atoms with van der Waals surface area (Å²) in [6.45, 7) is 2.90. The Morgan fingerprint density at radius 2 is 1.88 bits per heavy atom. The number of hydrogen-bond donors (Lipinski definition) is 3. The zero-order valence-corrected chi connectivity index (χ0v) is 18.5. The van der Waals surface area contributed by atoms with Crippen molar-refractivity contribution in [2.75, 3.05) is 11.9 Å². The van der Waals surface area contributed by atoms with Gasteiger partial charge in [-0.3, -0.25) is 14.9 Å². The summed E-state index contributed by atoms with van der Waals surface area (Å²) in [4.78, 5) is 25.1. The molecule has 3 N–H and O–H groups in total. The summed E-state index contributed by atoms with van der Waals surface area (Å²) in [6, 6.07) is 17.4. The van der Waals surface area contributed by atoms with Crippen LogP contribution in [0, 0.1) is 0 Å². The van der Waals surface area contributed by atoms with E-state index in [1.807, 2.05) is 6.07 Å². The Labute approximate surface area is 192 Å². The molecular formula is C24H25N3O4S. The number of carbonyl (C=O) groups is 2. The van der Waals surface area contributed by atoms with Crippen molar-refractivity contribution in [1.29, 1.82) is 0 Å². The van der Waals surface area contributed by atoms with Crippen molar-refractivity contribution in [3.8, 4) is 5.75 Å². The van der Waals surface area contributed by atoms with E-state index in [1.54, 1.807) is 60.9 Å². The van der Waals surface area contributed by atoms with Crippen molar-refractivity contribution in [3.63, 3.8) is 0 Å². The second kappa shape index (κ2) is 11.7. The van der Waals surface area contributed by atoms with E-state index in [0.29, 0.717) is 34.9 Å². The van der Waals surface area contributed by atoms with Crippen LogP contribution in [0.2, 0.25) is 0 Å². The summed E-state index contributed by atoms with van der Waals surface area (Å²) >= 11 is 5.28. The highest BCUT2D eigenvalue weighted by atomic mass is 32.1. The number of rotatable bonds is 9. The van der Waals surface area contributed by atoms with E-state index in [4.69, 9.17) is 21.4 Å². The number of thiocarbonyl (C=S) groups is 1. The highest BCUT2D eigenvalue weighted by Gasteiger charge is 2.14. The summed E-state index contributed by atoms with van der Waals surface area (Å²) in [6.07, 6.45) is 3.46. The number of benzene rings is 2. The second-order valence-electron chi connectivity index (χ2n) is 6.95. The van der Waals surface area contributed by atoms with Crippen LogP contribution < -0.4 is 20.7 Å². The zero-order chi connectivity index (χ0) is 22.8. The molecule has 0 unspecified atom stereocenters. The molecule has 32 heavy (non-hydrogen) atoms. The summed E-state index contributed by atoms with van der Waals surface area (Å²) in [5.41, 5.74) is 1.43. The lowest BCUT2D eigenvalue weighted by molar-refractivity contribution is 0.0945. The van der Waals surface area contributed by atoms with Gasteiger partial charge in [0.2, 0.25) is 0 Å². The largest absolute Gasteiger partial charge is 0.493 e. The molecule has 7 nitrogen and oxygen atoms in total. The Balaban J connectivity index is 1.57. The number of amides is 2. The standard InChI is InChI=1S/C24H25N3O4S/c1-2-3-13-31-21-12-5-4-11-20(21)23(29)27-24(32)26-18-9-6-8-17(15-18)22(28)25-16-19-10-7-14-30-19/h4-12,14-15H,2-3,13,16H2,1H3,(H,25,28)(H2,26,27,29,32). The van der Waals surface area contributed by atoms with Crippen molar-refractivity contribution in [2.24, 2.45) is 0 Å². The van der Waals surface area contributed by atoms with Gasteiger partial charge in [-0.2, -0.15) is 0 Å². The minimum atomic E-state index is -0.373. The van der Waals surface area contributed by atoms with Crippen LogP contribution >= 0.6 is 12.2 Å². The van der Waals surface area contributed by atoms with Gasteiger partial charge in [0.05, 0.1) is 25.0 Å². The fraction of sp³-hybridized carbons (Fsp3) is 0.208. The van der Waals surface area contributed by atoms with Crippen LogP contribution in [0.1, 0.15) is 46.2 Å². The normalized spacial score (nSPS) is 10.3. The van der Waals surface area contributed by atoms with Crippen molar-refractivity contribution >= 4 is 34.8 Å². The number of nitrogens with one attached hydrogen (secondary N) is 3. The van der Waals surface area contributed by atoms with Gasteiger partial charge in [0.25, 0.3) is 11.8 Å². The number of carbonyl (C=O) groups excluding carboxylic acids is 2. The Bertz CT molecular complexity index is 1070. The van der Waals surface area contributed by atoms with Gasteiger partial charge in [-0.25, -0.2) is 0 Å². The maximum Gasteiger partial charge on any atom is 0.261 e. The number of hydrogen-bond acceptors (Lipinski definition) is 5. The number of ether oxygens (including phenoxy) is 1. The van der Waals surface area contributed by atoms with E-state index in [9.17, 15) is 9.59 Å². The van der Waals surface area contributed by atoms with Crippen LogP contribution in [-0.2, 0) is 6.54 Å². The Morgan fingerprint density at radius 3 is 2.66 bits per heavy atom. The van der Waals surface area contributed by atoms with Crippen LogP contribution in [0.5, 0.6) is 5.75 Å². The van der Waals surface area contributed by atoms with E-state index in [-0.39, 0.29) is 23.5 Å². The van der Waals surface area contributed by atoms with Crippen molar-refractivity contribution in [2.45, 2.75) is 26.3 Å². The van der Waals surface area contributed by atoms with Gasteiger partial charge in [-0.05, 0) is 61.1 Å². The third kappa shape index (κ3) is 6.68. The molecule has 8 heteroatoms. The lowest BCUT2D eigenvalue weighted by Crippen LogP contribution is -2.34. The first-order valence-electron chi connectivity index (χ1n) is 10.3. The van der Waals surface area contributed by atoms with E-state index >= 15 is 0 Å². The van der Waals surface area contributed by atoms with E-state index in [1.165, 1.54) is 0 Å². The van der Waals surface area contributed by atoms with Gasteiger partial charge >= 0.3 is 0 Å². The molecular weight excluding hydrogens is 426 g/mol. The van der Waals surface area contributed by atoms with Crippen LogP contribution in [0.25, 0.3) is 0 Å². The molecule has 0 saturated carbocycles. The molecule has 0 aliphatic heterocycles. The predicted octanol–water partition coefficient (Wildman–Crippen LogP) is 4.52. The average Bonchev–Trinajstić information content (AvgIpc) is 3.32. The van der Waals surface area contributed by atoms with Crippen molar-refractivity contribution < 1.29 is 18.7 Å². The number of unbranched alkanes of at least 4 members (excludes halogenated alkanes) is 1. The first-order valence-corrected chi connectivity index (χ1v) is 10.7. The molecule has 2 amide bonds. The molecule has 0 atom stereocenters. The molecule has 0 aliphatic carbocycles. The molecule has 0 aliphatic rings. The maximum absolute atomic E-state index is 12.7. The number of para-hydroxylation sites is 1. The molecule has 0 bridgehead atoms. The first-order chi connectivity index (χ1) is 15.6. The molecule has 2 aromatic carbocycles. The molecule has 0 saturated heterocycles.